The third-order valence-electron chi connectivity index (χ3n) is 6.13. The molecule has 1 atom stereocenters. The zero-order valence-corrected chi connectivity index (χ0v) is 20.1. The van der Waals surface area contributed by atoms with E-state index in [0.717, 1.165) is 23.1 Å². The fraction of sp³-hybridized carbons (Fsp3) is 0.333. The monoisotopic (exact) mass is 480 g/mol. The molecule has 0 saturated heterocycles. The lowest BCUT2D eigenvalue weighted by Crippen LogP contribution is -2.47. The molecule has 0 fully saturated rings. The smallest absolute Gasteiger partial charge is 0.242 e. The van der Waals surface area contributed by atoms with Gasteiger partial charge in [-0.3, -0.25) is 9.59 Å². The van der Waals surface area contributed by atoms with E-state index >= 15 is 0 Å². The van der Waals surface area contributed by atoms with Crippen LogP contribution in [0.4, 0.5) is 4.39 Å². The van der Waals surface area contributed by atoms with Gasteiger partial charge in [-0.2, -0.15) is 0 Å². The number of ether oxygens (including phenoxy) is 1. The van der Waals surface area contributed by atoms with Crippen molar-refractivity contribution in [2.75, 3.05) is 33.4 Å². The van der Waals surface area contributed by atoms with Gasteiger partial charge in [-0.1, -0.05) is 42.5 Å². The molecule has 34 heavy (non-hydrogen) atoms. The molecular formula is C27H29FN2O3S. The third-order valence-corrected chi connectivity index (χ3v) is 7.12. The van der Waals surface area contributed by atoms with Crippen LogP contribution in [0.5, 0.6) is 0 Å². The Morgan fingerprint density at radius 1 is 1.12 bits per heavy atom. The molecule has 178 valence electrons. The molecule has 0 saturated carbocycles. The molecule has 2 heterocycles. The summed E-state index contributed by atoms with van der Waals surface area (Å²) in [5.74, 6) is -0.494. The van der Waals surface area contributed by atoms with Gasteiger partial charge in [-0.05, 0) is 53.1 Å². The molecule has 0 aliphatic carbocycles. The van der Waals surface area contributed by atoms with Crippen LogP contribution in [0, 0.1) is 5.82 Å². The second kappa shape index (κ2) is 11.4. The molecule has 2 amide bonds. The average Bonchev–Trinajstić information content (AvgIpc) is 3.33. The van der Waals surface area contributed by atoms with Crippen LogP contribution in [0.1, 0.15) is 34.0 Å². The second-order valence-corrected chi connectivity index (χ2v) is 9.42. The number of carbonyl (C=O) groups is 2. The van der Waals surface area contributed by atoms with E-state index in [0.29, 0.717) is 26.1 Å². The van der Waals surface area contributed by atoms with Crippen molar-refractivity contribution in [3.05, 3.63) is 93.4 Å². The lowest BCUT2D eigenvalue weighted by atomic mass is 9.93. The van der Waals surface area contributed by atoms with E-state index in [4.69, 9.17) is 4.74 Å². The number of fused-ring (bicyclic) bond motifs is 1. The first-order valence-electron chi connectivity index (χ1n) is 11.5. The maximum Gasteiger partial charge on any atom is 0.242 e. The molecule has 1 aliphatic heterocycles. The summed E-state index contributed by atoms with van der Waals surface area (Å²) in [6.07, 6.45) is 1.68. The van der Waals surface area contributed by atoms with E-state index < -0.39 is 0 Å². The van der Waals surface area contributed by atoms with Crippen molar-refractivity contribution in [2.24, 2.45) is 0 Å². The Bertz CT molecular complexity index is 1100. The molecular weight excluding hydrogens is 451 g/mol. The number of thiophene rings is 1. The first-order chi connectivity index (χ1) is 16.6. The molecule has 0 radical (unpaired) electrons. The van der Waals surface area contributed by atoms with Gasteiger partial charge in [-0.15, -0.1) is 11.3 Å². The SMILES string of the molecule is COCCCN(CC(=O)N1CCc2sccc2C1c1ccc(F)cc1)C(=O)Cc1ccccc1. The van der Waals surface area contributed by atoms with Crippen molar-refractivity contribution in [3.63, 3.8) is 0 Å². The first-order valence-corrected chi connectivity index (χ1v) is 12.4. The summed E-state index contributed by atoms with van der Waals surface area (Å²) in [4.78, 5) is 31.5. The molecule has 0 N–H and O–H groups in total. The van der Waals surface area contributed by atoms with Crippen LogP contribution in [0.15, 0.2) is 66.0 Å². The van der Waals surface area contributed by atoms with Gasteiger partial charge in [0.1, 0.15) is 5.82 Å². The quantitative estimate of drug-likeness (QED) is 0.425. The van der Waals surface area contributed by atoms with Gasteiger partial charge >= 0.3 is 0 Å². The number of benzene rings is 2. The molecule has 3 aromatic rings. The molecule has 1 unspecified atom stereocenters. The Kier molecular flexibility index (Phi) is 8.08. The highest BCUT2D eigenvalue weighted by molar-refractivity contribution is 7.10. The van der Waals surface area contributed by atoms with Gasteiger partial charge in [-0.25, -0.2) is 4.39 Å². The van der Waals surface area contributed by atoms with Crippen molar-refractivity contribution in [3.8, 4) is 0 Å². The zero-order chi connectivity index (χ0) is 23.9. The van der Waals surface area contributed by atoms with E-state index in [1.54, 1.807) is 35.5 Å². The highest BCUT2D eigenvalue weighted by atomic mass is 32.1. The van der Waals surface area contributed by atoms with Crippen LogP contribution in [0.2, 0.25) is 0 Å². The minimum absolute atomic E-state index is 0.00649. The van der Waals surface area contributed by atoms with Crippen molar-refractivity contribution < 1.29 is 18.7 Å². The number of rotatable bonds is 9. The van der Waals surface area contributed by atoms with E-state index in [1.807, 2.05) is 46.7 Å². The van der Waals surface area contributed by atoms with E-state index in [9.17, 15) is 14.0 Å². The van der Waals surface area contributed by atoms with Gasteiger partial charge in [0.25, 0.3) is 0 Å². The topological polar surface area (TPSA) is 49.9 Å². The van der Waals surface area contributed by atoms with Gasteiger partial charge < -0.3 is 14.5 Å². The molecule has 5 nitrogen and oxygen atoms in total. The predicted molar refractivity (Wildman–Crippen MR) is 131 cm³/mol. The third kappa shape index (κ3) is 5.72. The molecule has 0 bridgehead atoms. The Hall–Kier alpha value is -3.03. The van der Waals surface area contributed by atoms with Crippen LogP contribution in [-0.2, 0) is 27.2 Å². The lowest BCUT2D eigenvalue weighted by Gasteiger charge is -2.37. The summed E-state index contributed by atoms with van der Waals surface area (Å²) in [7, 11) is 1.63. The van der Waals surface area contributed by atoms with Gasteiger partial charge in [0.15, 0.2) is 0 Å². The van der Waals surface area contributed by atoms with Crippen molar-refractivity contribution >= 4 is 23.2 Å². The minimum Gasteiger partial charge on any atom is -0.385 e. The van der Waals surface area contributed by atoms with E-state index in [-0.39, 0.29) is 36.6 Å². The Balaban J connectivity index is 1.55. The van der Waals surface area contributed by atoms with E-state index in [2.05, 4.69) is 0 Å². The molecule has 0 spiro atoms. The van der Waals surface area contributed by atoms with Crippen LogP contribution < -0.4 is 0 Å². The molecule has 1 aliphatic rings. The highest BCUT2D eigenvalue weighted by Crippen LogP contribution is 2.37. The van der Waals surface area contributed by atoms with Crippen LogP contribution in [0.25, 0.3) is 0 Å². The van der Waals surface area contributed by atoms with Crippen LogP contribution in [0.3, 0.4) is 0 Å². The number of amides is 2. The van der Waals surface area contributed by atoms with Gasteiger partial charge in [0.2, 0.25) is 11.8 Å². The van der Waals surface area contributed by atoms with E-state index in [1.165, 1.54) is 17.0 Å². The van der Waals surface area contributed by atoms with Crippen LogP contribution in [-0.4, -0.2) is 55.0 Å². The lowest BCUT2D eigenvalue weighted by molar-refractivity contribution is -0.141. The minimum atomic E-state index is -0.307. The average molecular weight is 481 g/mol. The molecule has 1 aromatic heterocycles. The van der Waals surface area contributed by atoms with Crippen molar-refractivity contribution in [1.29, 1.82) is 0 Å². The summed E-state index contributed by atoms with van der Waals surface area (Å²) in [5, 5.41) is 2.04. The maximum atomic E-state index is 13.6. The number of halogens is 1. The predicted octanol–water partition coefficient (Wildman–Crippen LogP) is 4.47. The number of nitrogens with zero attached hydrogens (tertiary/aromatic N) is 2. The highest BCUT2D eigenvalue weighted by Gasteiger charge is 2.34. The van der Waals surface area contributed by atoms with Crippen LogP contribution >= 0.6 is 11.3 Å². The number of hydrogen-bond acceptors (Lipinski definition) is 4. The Morgan fingerprint density at radius 3 is 2.62 bits per heavy atom. The largest absolute Gasteiger partial charge is 0.385 e. The number of hydrogen-bond donors (Lipinski definition) is 0. The standard InChI is InChI=1S/C27H29FN2O3S/c1-33-16-5-14-29(25(31)18-20-6-3-2-4-7-20)19-26(32)30-15-12-24-23(13-17-34-24)27(30)21-8-10-22(28)11-9-21/h2-4,6-11,13,17,27H,5,12,14-16,18-19H2,1H3. The summed E-state index contributed by atoms with van der Waals surface area (Å²) >= 11 is 1.68. The summed E-state index contributed by atoms with van der Waals surface area (Å²) in [6.45, 7) is 1.53. The number of methoxy groups -OCH3 is 1. The Labute approximate surface area is 203 Å². The van der Waals surface area contributed by atoms with Crippen molar-refractivity contribution in [2.45, 2.75) is 25.3 Å². The summed E-state index contributed by atoms with van der Waals surface area (Å²) in [5.41, 5.74) is 2.87. The summed E-state index contributed by atoms with van der Waals surface area (Å²) in [6, 6.07) is 17.7. The molecule has 2 aromatic carbocycles. The van der Waals surface area contributed by atoms with Gasteiger partial charge in [0, 0.05) is 31.7 Å². The fourth-order valence-electron chi connectivity index (χ4n) is 4.42. The Morgan fingerprint density at radius 2 is 1.88 bits per heavy atom. The zero-order valence-electron chi connectivity index (χ0n) is 19.3. The first kappa shape index (κ1) is 24.1. The molecule has 4 rings (SSSR count). The molecule has 7 heteroatoms. The maximum absolute atomic E-state index is 13.6. The normalized spacial score (nSPS) is 15.1. The second-order valence-electron chi connectivity index (χ2n) is 8.41. The summed E-state index contributed by atoms with van der Waals surface area (Å²) < 4.78 is 18.8. The fourth-order valence-corrected chi connectivity index (χ4v) is 5.32. The number of carbonyl (C=O) groups excluding carboxylic acids is 2. The van der Waals surface area contributed by atoms with Crippen molar-refractivity contribution in [1.82, 2.24) is 9.80 Å². The van der Waals surface area contributed by atoms with Gasteiger partial charge in [0.05, 0.1) is 19.0 Å².